The van der Waals surface area contributed by atoms with Crippen molar-refractivity contribution in [3.63, 3.8) is 0 Å². The normalized spacial score (nSPS) is 13.4. The maximum absolute atomic E-state index is 9.45. The Kier molecular flexibility index (Phi) is 2.08. The maximum atomic E-state index is 9.45. The van der Waals surface area contributed by atoms with E-state index in [1.165, 1.54) is 16.6 Å². The summed E-state index contributed by atoms with van der Waals surface area (Å²) in [5, 5.41) is 10.7. The van der Waals surface area contributed by atoms with Crippen LogP contribution in [-0.4, -0.2) is 9.67 Å². The van der Waals surface area contributed by atoms with Gasteiger partial charge in [-0.3, -0.25) is 0 Å². The molecule has 0 amide bonds. The lowest BCUT2D eigenvalue weighted by Crippen LogP contribution is -1.92. The first-order valence-electron chi connectivity index (χ1n) is 4.83. The van der Waals surface area contributed by atoms with Gasteiger partial charge in [0.1, 0.15) is 0 Å². The lowest BCUT2D eigenvalue weighted by molar-refractivity contribution is 0.199. The van der Waals surface area contributed by atoms with Crippen molar-refractivity contribution in [2.75, 3.05) is 0 Å². The van der Waals surface area contributed by atoms with Gasteiger partial charge in [0.25, 0.3) is 0 Å². The Balaban J connectivity index is 2.67. The quantitative estimate of drug-likeness (QED) is 0.732. The molecule has 2 nitrogen and oxygen atoms in total. The third-order valence-electron chi connectivity index (χ3n) is 2.79. The van der Waals surface area contributed by atoms with Crippen LogP contribution >= 0.6 is 0 Å². The van der Waals surface area contributed by atoms with Gasteiger partial charge >= 0.3 is 0 Å². The molecule has 0 aliphatic heterocycles. The third-order valence-corrected chi connectivity index (χ3v) is 2.79. The second-order valence-electron chi connectivity index (χ2n) is 3.84. The number of hydrogen-bond donors (Lipinski definition) is 1. The van der Waals surface area contributed by atoms with Crippen LogP contribution in [0.5, 0.6) is 0 Å². The standard InChI is InChI=1S/C12H15NO/c1-8-6-11-7-10(9(2)14)4-5-12(11)13(8)3/h4-7,9,14H,1-3H3. The number of fused-ring (bicyclic) bond motifs is 1. The SMILES string of the molecule is Cc1cc2cc(C(C)O)ccc2n1C. The van der Waals surface area contributed by atoms with E-state index < -0.39 is 0 Å². The van der Waals surface area contributed by atoms with Crippen molar-refractivity contribution < 1.29 is 5.11 Å². The van der Waals surface area contributed by atoms with Gasteiger partial charge in [0.05, 0.1) is 6.10 Å². The summed E-state index contributed by atoms with van der Waals surface area (Å²) in [5.41, 5.74) is 3.43. The maximum Gasteiger partial charge on any atom is 0.0762 e. The first-order valence-corrected chi connectivity index (χ1v) is 4.83. The van der Waals surface area contributed by atoms with Crippen LogP contribution in [0, 0.1) is 6.92 Å². The van der Waals surface area contributed by atoms with E-state index in [1.54, 1.807) is 6.92 Å². The van der Waals surface area contributed by atoms with Gasteiger partial charge in [0, 0.05) is 23.6 Å². The number of hydrogen-bond acceptors (Lipinski definition) is 1. The Hall–Kier alpha value is -1.28. The fraction of sp³-hybridized carbons (Fsp3) is 0.333. The number of rotatable bonds is 1. The molecule has 2 rings (SSSR count). The van der Waals surface area contributed by atoms with Crippen molar-refractivity contribution >= 4 is 10.9 Å². The summed E-state index contributed by atoms with van der Waals surface area (Å²) < 4.78 is 2.15. The molecule has 2 heteroatoms. The largest absolute Gasteiger partial charge is 0.389 e. The van der Waals surface area contributed by atoms with Crippen LogP contribution in [-0.2, 0) is 7.05 Å². The summed E-state index contributed by atoms with van der Waals surface area (Å²) in [5.74, 6) is 0. The Morgan fingerprint density at radius 2 is 2.00 bits per heavy atom. The summed E-state index contributed by atoms with van der Waals surface area (Å²) in [7, 11) is 2.06. The van der Waals surface area contributed by atoms with Gasteiger partial charge in [-0.2, -0.15) is 0 Å². The molecule has 0 fully saturated rings. The molecule has 0 saturated heterocycles. The van der Waals surface area contributed by atoms with E-state index in [-0.39, 0.29) is 6.10 Å². The average molecular weight is 189 g/mol. The van der Waals surface area contributed by atoms with Gasteiger partial charge in [-0.15, -0.1) is 0 Å². The first-order chi connectivity index (χ1) is 6.59. The molecule has 0 bridgehead atoms. The van der Waals surface area contributed by atoms with Crippen molar-refractivity contribution in [3.05, 3.63) is 35.5 Å². The highest BCUT2D eigenvalue weighted by molar-refractivity contribution is 5.82. The molecule has 2 aromatic rings. The molecule has 1 unspecified atom stereocenters. The topological polar surface area (TPSA) is 25.2 Å². The highest BCUT2D eigenvalue weighted by Gasteiger charge is 2.05. The highest BCUT2D eigenvalue weighted by Crippen LogP contribution is 2.22. The fourth-order valence-electron chi connectivity index (χ4n) is 1.77. The molecule has 0 spiro atoms. The summed E-state index contributed by atoms with van der Waals surface area (Å²) in [6.07, 6.45) is -0.389. The van der Waals surface area contributed by atoms with Crippen LogP contribution in [0.3, 0.4) is 0 Å². The fourth-order valence-corrected chi connectivity index (χ4v) is 1.77. The van der Waals surface area contributed by atoms with Crippen LogP contribution < -0.4 is 0 Å². The highest BCUT2D eigenvalue weighted by atomic mass is 16.3. The molecule has 0 aliphatic rings. The van der Waals surface area contributed by atoms with Crippen LogP contribution in [0.25, 0.3) is 10.9 Å². The summed E-state index contributed by atoms with van der Waals surface area (Å²) >= 11 is 0. The Morgan fingerprint density at radius 1 is 1.29 bits per heavy atom. The van der Waals surface area contributed by atoms with Crippen LogP contribution in [0.2, 0.25) is 0 Å². The number of aliphatic hydroxyl groups excluding tert-OH is 1. The van der Waals surface area contributed by atoms with E-state index >= 15 is 0 Å². The number of aliphatic hydroxyl groups is 1. The van der Waals surface area contributed by atoms with Crippen molar-refractivity contribution in [1.82, 2.24) is 4.57 Å². The smallest absolute Gasteiger partial charge is 0.0762 e. The minimum Gasteiger partial charge on any atom is -0.389 e. The monoisotopic (exact) mass is 189 g/mol. The van der Waals surface area contributed by atoms with Gasteiger partial charge < -0.3 is 9.67 Å². The number of aryl methyl sites for hydroxylation is 2. The minimum absolute atomic E-state index is 0.389. The van der Waals surface area contributed by atoms with E-state index in [1.807, 2.05) is 12.1 Å². The van der Waals surface area contributed by atoms with E-state index in [9.17, 15) is 5.11 Å². The molecule has 1 N–H and O–H groups in total. The Labute approximate surface area is 83.8 Å². The van der Waals surface area contributed by atoms with Crippen molar-refractivity contribution in [2.45, 2.75) is 20.0 Å². The second-order valence-corrected chi connectivity index (χ2v) is 3.84. The van der Waals surface area contributed by atoms with Crippen LogP contribution in [0.15, 0.2) is 24.3 Å². The number of aromatic nitrogens is 1. The predicted molar refractivity (Wildman–Crippen MR) is 58.3 cm³/mol. The minimum atomic E-state index is -0.389. The molecule has 1 aromatic heterocycles. The summed E-state index contributed by atoms with van der Waals surface area (Å²) in [6, 6.07) is 8.23. The van der Waals surface area contributed by atoms with Crippen molar-refractivity contribution in [3.8, 4) is 0 Å². The van der Waals surface area contributed by atoms with Crippen molar-refractivity contribution in [2.24, 2.45) is 7.05 Å². The third kappa shape index (κ3) is 1.32. The molecule has 0 aliphatic carbocycles. The summed E-state index contributed by atoms with van der Waals surface area (Å²) in [6.45, 7) is 3.87. The molecule has 74 valence electrons. The molecule has 0 radical (unpaired) electrons. The number of nitrogens with zero attached hydrogens (tertiary/aromatic N) is 1. The molecule has 14 heavy (non-hydrogen) atoms. The molecular weight excluding hydrogens is 174 g/mol. The van der Waals surface area contributed by atoms with Crippen LogP contribution in [0.4, 0.5) is 0 Å². The Bertz CT molecular complexity index is 468. The first kappa shape index (κ1) is 9.28. The lowest BCUT2D eigenvalue weighted by atomic mass is 10.1. The lowest BCUT2D eigenvalue weighted by Gasteiger charge is -2.04. The van der Waals surface area contributed by atoms with Gasteiger partial charge in [-0.1, -0.05) is 6.07 Å². The van der Waals surface area contributed by atoms with Crippen molar-refractivity contribution in [1.29, 1.82) is 0 Å². The Morgan fingerprint density at radius 3 is 2.64 bits per heavy atom. The van der Waals surface area contributed by atoms with E-state index in [4.69, 9.17) is 0 Å². The van der Waals surface area contributed by atoms with Gasteiger partial charge in [-0.05, 0) is 37.6 Å². The molecule has 1 heterocycles. The summed E-state index contributed by atoms with van der Waals surface area (Å²) in [4.78, 5) is 0. The molecular formula is C12H15NO. The molecule has 0 saturated carbocycles. The zero-order valence-corrected chi connectivity index (χ0v) is 8.78. The van der Waals surface area contributed by atoms with Gasteiger partial charge in [0.2, 0.25) is 0 Å². The zero-order chi connectivity index (χ0) is 10.3. The van der Waals surface area contributed by atoms with E-state index in [0.29, 0.717) is 0 Å². The molecule has 1 aromatic carbocycles. The molecule has 1 atom stereocenters. The van der Waals surface area contributed by atoms with Gasteiger partial charge in [0.15, 0.2) is 0 Å². The number of benzene rings is 1. The predicted octanol–water partition coefficient (Wildman–Crippen LogP) is 2.54. The van der Waals surface area contributed by atoms with E-state index in [2.05, 4.69) is 30.7 Å². The van der Waals surface area contributed by atoms with Crippen LogP contribution in [0.1, 0.15) is 24.3 Å². The van der Waals surface area contributed by atoms with E-state index in [0.717, 1.165) is 5.56 Å². The second kappa shape index (κ2) is 3.14. The average Bonchev–Trinajstić information content (AvgIpc) is 2.42. The zero-order valence-electron chi connectivity index (χ0n) is 8.78. The van der Waals surface area contributed by atoms with Gasteiger partial charge in [-0.25, -0.2) is 0 Å².